The number of ether oxygens (including phenoxy) is 3. The van der Waals surface area contributed by atoms with E-state index in [2.05, 4.69) is 5.32 Å². The Balaban J connectivity index is 1.88. The van der Waals surface area contributed by atoms with Crippen LogP contribution < -0.4 is 19.5 Å². The molecular weight excluding hydrogens is 417 g/mol. The molecule has 0 radical (unpaired) electrons. The average molecular weight is 452 g/mol. The number of aliphatic hydroxyl groups excluding tert-OH is 1. The van der Waals surface area contributed by atoms with Gasteiger partial charge in [-0.05, 0) is 43.1 Å². The molecule has 0 aliphatic heterocycles. The van der Waals surface area contributed by atoms with Gasteiger partial charge in [0.25, 0.3) is 0 Å². The fourth-order valence-electron chi connectivity index (χ4n) is 3.43. The Labute approximate surface area is 185 Å². The molecule has 0 spiro atoms. The summed E-state index contributed by atoms with van der Waals surface area (Å²) in [6.45, 7) is 3.13. The first-order valence-electron chi connectivity index (χ1n) is 10.4. The fourth-order valence-corrected chi connectivity index (χ4v) is 5.76. The van der Waals surface area contributed by atoms with Gasteiger partial charge >= 0.3 is 0 Å². The second-order valence-electron chi connectivity index (χ2n) is 7.20. The standard InChI is InChI=1S/C23H34NO6P/c1-5-30-31(26,16-18-9-7-6-8-10-18)17-20(25)15-24-12-11-19-13-21(27-2)23(29-4)22(14-19)28-3/h6-10,13-14,20,24-25H,5,11-12,15-17H2,1-4H3/t20-,31?/m0/s1. The first-order chi connectivity index (χ1) is 14.9. The van der Waals surface area contributed by atoms with Gasteiger partial charge in [-0.15, -0.1) is 0 Å². The highest BCUT2D eigenvalue weighted by Gasteiger charge is 2.27. The topological polar surface area (TPSA) is 86.3 Å². The fraction of sp³-hybridized carbons (Fsp3) is 0.478. The van der Waals surface area contributed by atoms with Gasteiger partial charge < -0.3 is 29.2 Å². The van der Waals surface area contributed by atoms with Crippen molar-refractivity contribution in [3.8, 4) is 17.2 Å². The van der Waals surface area contributed by atoms with Crippen molar-refractivity contribution in [1.29, 1.82) is 0 Å². The molecule has 0 saturated heterocycles. The van der Waals surface area contributed by atoms with Crippen LogP contribution in [0.2, 0.25) is 0 Å². The van der Waals surface area contributed by atoms with Gasteiger partial charge in [0.15, 0.2) is 11.5 Å². The highest BCUT2D eigenvalue weighted by Crippen LogP contribution is 2.50. The molecule has 2 atom stereocenters. The van der Waals surface area contributed by atoms with Gasteiger partial charge in [0.05, 0.1) is 40.2 Å². The van der Waals surface area contributed by atoms with Crippen molar-refractivity contribution in [2.75, 3.05) is 47.2 Å². The summed E-state index contributed by atoms with van der Waals surface area (Å²) in [5, 5.41) is 13.7. The van der Waals surface area contributed by atoms with Gasteiger partial charge in [0.1, 0.15) is 0 Å². The second-order valence-corrected chi connectivity index (χ2v) is 9.77. The highest BCUT2D eigenvalue weighted by molar-refractivity contribution is 7.58. The summed E-state index contributed by atoms with van der Waals surface area (Å²) < 4.78 is 34.9. The number of aliphatic hydroxyl groups is 1. The lowest BCUT2D eigenvalue weighted by Gasteiger charge is -2.21. The van der Waals surface area contributed by atoms with Gasteiger partial charge in [-0.1, -0.05) is 30.3 Å². The average Bonchev–Trinajstić information content (AvgIpc) is 2.76. The number of rotatable bonds is 14. The maximum absolute atomic E-state index is 13.2. The van der Waals surface area contributed by atoms with Crippen molar-refractivity contribution in [3.63, 3.8) is 0 Å². The van der Waals surface area contributed by atoms with Crippen molar-refractivity contribution in [1.82, 2.24) is 5.32 Å². The third-order valence-electron chi connectivity index (χ3n) is 4.81. The highest BCUT2D eigenvalue weighted by atomic mass is 31.2. The molecule has 31 heavy (non-hydrogen) atoms. The Morgan fingerprint density at radius 1 is 1.00 bits per heavy atom. The van der Waals surface area contributed by atoms with Crippen LogP contribution in [0.15, 0.2) is 42.5 Å². The molecule has 0 fully saturated rings. The summed E-state index contributed by atoms with van der Waals surface area (Å²) in [5.41, 5.74) is 1.96. The van der Waals surface area contributed by atoms with Crippen LogP contribution in [0, 0.1) is 0 Å². The molecule has 0 aliphatic rings. The Morgan fingerprint density at radius 3 is 2.19 bits per heavy atom. The molecule has 2 rings (SSSR count). The summed E-state index contributed by atoms with van der Waals surface area (Å²) >= 11 is 0. The van der Waals surface area contributed by atoms with E-state index in [1.807, 2.05) is 49.4 Å². The van der Waals surface area contributed by atoms with Crippen LogP contribution in [-0.4, -0.2) is 58.4 Å². The number of hydrogen-bond acceptors (Lipinski definition) is 7. The molecule has 0 bridgehead atoms. The van der Waals surface area contributed by atoms with Crippen molar-refractivity contribution in [2.24, 2.45) is 0 Å². The zero-order valence-corrected chi connectivity index (χ0v) is 19.7. The van der Waals surface area contributed by atoms with E-state index in [0.29, 0.717) is 49.5 Å². The van der Waals surface area contributed by atoms with Gasteiger partial charge in [-0.25, -0.2) is 0 Å². The van der Waals surface area contributed by atoms with Crippen LogP contribution in [0.25, 0.3) is 0 Å². The van der Waals surface area contributed by atoms with Crippen LogP contribution in [0.5, 0.6) is 17.2 Å². The maximum atomic E-state index is 13.2. The molecule has 2 aromatic carbocycles. The van der Waals surface area contributed by atoms with Gasteiger partial charge in [0, 0.05) is 12.7 Å². The minimum Gasteiger partial charge on any atom is -0.493 e. The predicted molar refractivity (Wildman–Crippen MR) is 123 cm³/mol. The number of benzene rings is 2. The minimum atomic E-state index is -2.97. The molecule has 2 N–H and O–H groups in total. The third-order valence-corrected chi connectivity index (χ3v) is 7.37. The number of nitrogens with one attached hydrogen (secondary N) is 1. The van der Waals surface area contributed by atoms with Crippen molar-refractivity contribution < 1.29 is 28.4 Å². The van der Waals surface area contributed by atoms with E-state index in [0.717, 1.165) is 11.1 Å². The summed E-state index contributed by atoms with van der Waals surface area (Å²) in [7, 11) is 1.77. The zero-order valence-electron chi connectivity index (χ0n) is 18.8. The van der Waals surface area contributed by atoms with Crippen LogP contribution in [0.4, 0.5) is 0 Å². The molecule has 2 aromatic rings. The van der Waals surface area contributed by atoms with E-state index in [-0.39, 0.29) is 6.16 Å². The van der Waals surface area contributed by atoms with Crippen LogP contribution in [0.1, 0.15) is 18.1 Å². The van der Waals surface area contributed by atoms with E-state index in [1.54, 1.807) is 21.3 Å². The van der Waals surface area contributed by atoms with Gasteiger partial charge in [-0.3, -0.25) is 4.57 Å². The summed E-state index contributed by atoms with van der Waals surface area (Å²) in [6, 6.07) is 13.4. The number of methoxy groups -OCH3 is 3. The van der Waals surface area contributed by atoms with E-state index < -0.39 is 13.5 Å². The predicted octanol–water partition coefficient (Wildman–Crippen LogP) is 3.72. The third kappa shape index (κ3) is 7.86. The number of hydrogen-bond donors (Lipinski definition) is 2. The molecule has 8 heteroatoms. The smallest absolute Gasteiger partial charge is 0.210 e. The normalized spacial score (nSPS) is 14.0. The first-order valence-corrected chi connectivity index (χ1v) is 12.4. The van der Waals surface area contributed by atoms with Crippen LogP contribution in [0.3, 0.4) is 0 Å². The molecule has 172 valence electrons. The summed E-state index contributed by atoms with van der Waals surface area (Å²) in [5.74, 6) is 1.77. The van der Waals surface area contributed by atoms with E-state index >= 15 is 0 Å². The Hall–Kier alpha value is -2.05. The van der Waals surface area contributed by atoms with Gasteiger partial charge in [-0.2, -0.15) is 0 Å². The summed E-state index contributed by atoms with van der Waals surface area (Å²) in [6.07, 6.45) is 0.384. The SMILES string of the molecule is CCOP(=O)(Cc1ccccc1)C[C@@H](O)CNCCc1cc(OC)c(OC)c(OC)c1. The lowest BCUT2D eigenvalue weighted by atomic mass is 10.1. The molecule has 0 aliphatic carbocycles. The Morgan fingerprint density at radius 2 is 1.65 bits per heavy atom. The molecule has 1 unspecified atom stereocenters. The molecular formula is C23H34NO6P. The van der Waals surface area contributed by atoms with Crippen LogP contribution in [-0.2, 0) is 21.7 Å². The molecule has 0 heterocycles. The first kappa shape index (κ1) is 25.2. The lowest BCUT2D eigenvalue weighted by Crippen LogP contribution is -2.31. The van der Waals surface area contributed by atoms with Crippen molar-refractivity contribution in [3.05, 3.63) is 53.6 Å². The largest absolute Gasteiger partial charge is 0.493 e. The lowest BCUT2D eigenvalue weighted by molar-refractivity contribution is 0.187. The monoisotopic (exact) mass is 451 g/mol. The Bertz CT molecular complexity index is 820. The van der Waals surface area contributed by atoms with E-state index in [9.17, 15) is 9.67 Å². The maximum Gasteiger partial charge on any atom is 0.210 e. The molecule has 0 amide bonds. The minimum absolute atomic E-state index is 0.118. The molecule has 7 nitrogen and oxygen atoms in total. The van der Waals surface area contributed by atoms with Crippen LogP contribution >= 0.6 is 7.37 Å². The van der Waals surface area contributed by atoms with Crippen molar-refractivity contribution >= 4 is 7.37 Å². The zero-order chi connectivity index (χ0) is 22.7. The van der Waals surface area contributed by atoms with Gasteiger partial charge in [0.2, 0.25) is 13.1 Å². The molecule has 0 aromatic heterocycles. The second kappa shape index (κ2) is 12.7. The van der Waals surface area contributed by atoms with E-state index in [4.69, 9.17) is 18.7 Å². The summed E-state index contributed by atoms with van der Waals surface area (Å²) in [4.78, 5) is 0. The quantitative estimate of drug-likeness (QED) is 0.334. The van der Waals surface area contributed by atoms with E-state index in [1.165, 1.54) is 0 Å². The van der Waals surface area contributed by atoms with Crippen molar-refractivity contribution in [2.45, 2.75) is 25.6 Å². The molecule has 0 saturated carbocycles. The Kier molecular flexibility index (Phi) is 10.3.